The van der Waals surface area contributed by atoms with E-state index in [-0.39, 0.29) is 47.5 Å². The fourth-order valence-electron chi connectivity index (χ4n) is 2.58. The topological polar surface area (TPSA) is 110 Å². The van der Waals surface area contributed by atoms with Crippen LogP contribution in [-0.4, -0.2) is 46.5 Å². The van der Waals surface area contributed by atoms with E-state index < -0.39 is 9.84 Å². The van der Waals surface area contributed by atoms with Gasteiger partial charge in [0.2, 0.25) is 5.91 Å². The molecule has 0 saturated carbocycles. The van der Waals surface area contributed by atoms with Gasteiger partial charge in [-0.3, -0.25) is 14.0 Å². The van der Waals surface area contributed by atoms with Crippen molar-refractivity contribution in [3.63, 3.8) is 0 Å². The van der Waals surface area contributed by atoms with Gasteiger partial charge in [0, 0.05) is 25.1 Å². The first-order valence-corrected chi connectivity index (χ1v) is 9.09. The summed E-state index contributed by atoms with van der Waals surface area (Å²) in [7, 11) is -3.03. The Morgan fingerprint density at radius 2 is 2.17 bits per heavy atom. The third-order valence-corrected chi connectivity index (χ3v) is 5.53. The minimum absolute atomic E-state index is 0.0167. The van der Waals surface area contributed by atoms with Gasteiger partial charge in [-0.05, 0) is 18.6 Å². The number of fused-ring (bicyclic) bond motifs is 1. The number of hydrogen-bond donors (Lipinski definition) is 1. The van der Waals surface area contributed by atoms with Crippen LogP contribution in [0.4, 0.5) is 0 Å². The van der Waals surface area contributed by atoms with Crippen LogP contribution in [0.2, 0.25) is 0 Å². The number of carbonyl (C=O) groups is 1. The van der Waals surface area contributed by atoms with Crippen LogP contribution in [0.15, 0.2) is 29.2 Å². The summed E-state index contributed by atoms with van der Waals surface area (Å²) in [6.45, 7) is 0. The van der Waals surface area contributed by atoms with Gasteiger partial charge in [0.1, 0.15) is 5.69 Å². The molecule has 0 aliphatic carbocycles. The molecule has 9 heteroatoms. The van der Waals surface area contributed by atoms with Crippen LogP contribution in [-0.2, 0) is 21.1 Å². The van der Waals surface area contributed by atoms with Gasteiger partial charge in [-0.25, -0.2) is 8.42 Å². The first-order valence-electron chi connectivity index (χ1n) is 7.27. The summed E-state index contributed by atoms with van der Waals surface area (Å²) in [5, 5.41) is 10.5. The molecule has 0 bridgehead atoms. The molecular weight excluding hydrogens is 320 g/mol. The number of rotatable bonds is 4. The predicted molar refractivity (Wildman–Crippen MR) is 82.8 cm³/mol. The minimum atomic E-state index is -3.03. The largest absolute Gasteiger partial charge is 0.352 e. The van der Waals surface area contributed by atoms with E-state index in [2.05, 4.69) is 15.5 Å². The van der Waals surface area contributed by atoms with Gasteiger partial charge in [0.15, 0.2) is 15.5 Å². The van der Waals surface area contributed by atoms with Crippen LogP contribution in [0.3, 0.4) is 0 Å². The van der Waals surface area contributed by atoms with Crippen molar-refractivity contribution in [2.75, 3.05) is 11.5 Å². The molecule has 2 aromatic rings. The lowest BCUT2D eigenvalue weighted by Gasteiger charge is -2.10. The molecule has 0 radical (unpaired) electrons. The third kappa shape index (κ3) is 3.55. The summed E-state index contributed by atoms with van der Waals surface area (Å²) >= 11 is 0. The van der Waals surface area contributed by atoms with Crippen LogP contribution >= 0.6 is 0 Å². The molecule has 1 atom stereocenters. The molecule has 1 unspecified atom stereocenters. The minimum Gasteiger partial charge on any atom is -0.352 e. The summed E-state index contributed by atoms with van der Waals surface area (Å²) in [5.41, 5.74) is 0.358. The average molecular weight is 336 g/mol. The van der Waals surface area contributed by atoms with Crippen molar-refractivity contribution in [1.82, 2.24) is 19.9 Å². The van der Waals surface area contributed by atoms with Crippen LogP contribution < -0.4 is 10.9 Å². The fraction of sp³-hybridized carbons (Fsp3) is 0.429. The number of hydrogen-bond acceptors (Lipinski definition) is 6. The lowest BCUT2D eigenvalue weighted by molar-refractivity contribution is -0.121. The zero-order chi connectivity index (χ0) is 16.4. The summed E-state index contributed by atoms with van der Waals surface area (Å²) < 4.78 is 24.1. The van der Waals surface area contributed by atoms with E-state index in [1.54, 1.807) is 24.4 Å². The van der Waals surface area contributed by atoms with Crippen LogP contribution in [0.25, 0.3) is 5.65 Å². The highest BCUT2D eigenvalue weighted by molar-refractivity contribution is 7.91. The average Bonchev–Trinajstić information content (AvgIpc) is 2.85. The fourth-order valence-corrected chi connectivity index (χ4v) is 4.25. The standard InChI is InChI=1S/C14H16N4O4S/c19-13(15-10-6-8-23(21,22)9-10)5-4-11-14(20)18-7-2-1-3-12(18)17-16-11/h1-3,7,10H,4-6,8-9H2,(H,15,19). The van der Waals surface area contributed by atoms with E-state index in [0.29, 0.717) is 12.1 Å². The van der Waals surface area contributed by atoms with E-state index in [1.165, 1.54) is 4.40 Å². The highest BCUT2D eigenvalue weighted by atomic mass is 32.2. The molecule has 1 aliphatic rings. The van der Waals surface area contributed by atoms with Gasteiger partial charge in [0.05, 0.1) is 11.5 Å². The molecule has 23 heavy (non-hydrogen) atoms. The molecule has 122 valence electrons. The number of nitrogens with one attached hydrogen (secondary N) is 1. The smallest absolute Gasteiger partial charge is 0.279 e. The Balaban J connectivity index is 1.63. The monoisotopic (exact) mass is 336 g/mol. The second-order valence-electron chi connectivity index (χ2n) is 5.55. The molecule has 2 aromatic heterocycles. The maximum Gasteiger partial charge on any atom is 0.279 e. The molecule has 1 fully saturated rings. The van der Waals surface area contributed by atoms with Crippen LogP contribution in [0, 0.1) is 0 Å². The molecule has 0 aromatic carbocycles. The number of sulfone groups is 1. The van der Waals surface area contributed by atoms with Gasteiger partial charge >= 0.3 is 0 Å². The number of aryl methyl sites for hydroxylation is 1. The highest BCUT2D eigenvalue weighted by Gasteiger charge is 2.28. The van der Waals surface area contributed by atoms with Gasteiger partial charge < -0.3 is 5.32 Å². The Morgan fingerprint density at radius 3 is 2.91 bits per heavy atom. The number of pyridine rings is 1. The number of carbonyl (C=O) groups excluding carboxylic acids is 1. The summed E-state index contributed by atoms with van der Waals surface area (Å²) in [6, 6.07) is 4.81. The van der Waals surface area contributed by atoms with Crippen molar-refractivity contribution < 1.29 is 13.2 Å². The van der Waals surface area contributed by atoms with Gasteiger partial charge in [0.25, 0.3) is 5.56 Å². The second kappa shape index (κ2) is 6.07. The molecular formula is C14H16N4O4S. The maximum atomic E-state index is 12.2. The van der Waals surface area contributed by atoms with Crippen molar-refractivity contribution >= 4 is 21.4 Å². The van der Waals surface area contributed by atoms with E-state index in [9.17, 15) is 18.0 Å². The van der Waals surface area contributed by atoms with E-state index >= 15 is 0 Å². The zero-order valence-electron chi connectivity index (χ0n) is 12.3. The quantitative estimate of drug-likeness (QED) is 0.792. The van der Waals surface area contributed by atoms with Crippen molar-refractivity contribution in [1.29, 1.82) is 0 Å². The van der Waals surface area contributed by atoms with Gasteiger partial charge in [-0.2, -0.15) is 0 Å². The normalized spacial score (nSPS) is 19.7. The molecule has 1 aliphatic heterocycles. The first-order chi connectivity index (χ1) is 10.9. The van der Waals surface area contributed by atoms with Crippen molar-refractivity contribution in [3.8, 4) is 0 Å². The van der Waals surface area contributed by atoms with E-state index in [0.717, 1.165) is 0 Å². The first kappa shape index (κ1) is 15.6. The molecule has 3 rings (SSSR count). The van der Waals surface area contributed by atoms with Crippen molar-refractivity contribution in [3.05, 3.63) is 40.4 Å². The van der Waals surface area contributed by atoms with E-state index in [1.807, 2.05) is 0 Å². The Labute approximate surface area is 132 Å². The molecule has 8 nitrogen and oxygen atoms in total. The highest BCUT2D eigenvalue weighted by Crippen LogP contribution is 2.11. The maximum absolute atomic E-state index is 12.2. The molecule has 0 spiro atoms. The molecule has 1 amide bonds. The number of amides is 1. The number of nitrogens with zero attached hydrogens (tertiary/aromatic N) is 3. The Bertz CT molecular complexity index is 906. The molecule has 1 saturated heterocycles. The molecule has 3 heterocycles. The zero-order valence-corrected chi connectivity index (χ0v) is 13.1. The van der Waals surface area contributed by atoms with Crippen molar-refractivity contribution in [2.24, 2.45) is 0 Å². The Morgan fingerprint density at radius 1 is 1.35 bits per heavy atom. The summed E-state index contributed by atoms with van der Waals surface area (Å²) in [6.07, 6.45) is 2.26. The summed E-state index contributed by atoms with van der Waals surface area (Å²) in [5.74, 6) is -0.196. The van der Waals surface area contributed by atoms with E-state index in [4.69, 9.17) is 0 Å². The molecule has 1 N–H and O–H groups in total. The third-order valence-electron chi connectivity index (χ3n) is 3.76. The lowest BCUT2D eigenvalue weighted by atomic mass is 10.2. The van der Waals surface area contributed by atoms with Gasteiger partial charge in [-0.1, -0.05) is 6.07 Å². The lowest BCUT2D eigenvalue weighted by Crippen LogP contribution is -2.36. The van der Waals surface area contributed by atoms with Crippen LogP contribution in [0.1, 0.15) is 18.5 Å². The van der Waals surface area contributed by atoms with Crippen molar-refractivity contribution in [2.45, 2.75) is 25.3 Å². The second-order valence-corrected chi connectivity index (χ2v) is 7.78. The summed E-state index contributed by atoms with van der Waals surface area (Å²) in [4.78, 5) is 24.1. The Kier molecular flexibility index (Phi) is 4.12. The predicted octanol–water partition coefficient (Wildman–Crippen LogP) is -0.675. The SMILES string of the molecule is O=C(CCc1nnc2ccccn2c1=O)NC1CCS(=O)(=O)C1. The van der Waals surface area contributed by atoms with Gasteiger partial charge in [-0.15, -0.1) is 10.2 Å². The Hall–Kier alpha value is -2.29. The number of aromatic nitrogens is 3. The van der Waals surface area contributed by atoms with Crippen LogP contribution in [0.5, 0.6) is 0 Å².